The summed E-state index contributed by atoms with van der Waals surface area (Å²) in [5, 5.41) is 2.24. The fourth-order valence-electron chi connectivity index (χ4n) is 3.94. The van der Waals surface area contributed by atoms with Crippen LogP contribution in [0.1, 0.15) is 29.9 Å². The zero-order valence-electron chi connectivity index (χ0n) is 12.2. The third kappa shape index (κ3) is 2.50. The highest BCUT2D eigenvalue weighted by molar-refractivity contribution is 5.24. The van der Waals surface area contributed by atoms with Gasteiger partial charge >= 0.3 is 0 Å². The van der Waals surface area contributed by atoms with Gasteiger partial charge in [-0.15, -0.1) is 0 Å². The van der Waals surface area contributed by atoms with E-state index in [1.165, 1.54) is 24.0 Å². The van der Waals surface area contributed by atoms with Gasteiger partial charge < -0.3 is 0 Å². The molecule has 2 aromatic rings. The smallest absolute Gasteiger partial charge is 0.0729 e. The number of hydrogen-bond donors (Lipinski definition) is 0. The van der Waals surface area contributed by atoms with Gasteiger partial charge in [-0.3, -0.25) is 4.84 Å². The van der Waals surface area contributed by atoms with E-state index < -0.39 is 0 Å². The van der Waals surface area contributed by atoms with Gasteiger partial charge in [-0.25, -0.2) is 0 Å². The summed E-state index contributed by atoms with van der Waals surface area (Å²) in [6.07, 6.45) is 2.57. The van der Waals surface area contributed by atoms with E-state index in [0.29, 0.717) is 17.9 Å². The highest BCUT2D eigenvalue weighted by atomic mass is 16.7. The average Bonchev–Trinajstić information content (AvgIpc) is 3.12. The first-order chi connectivity index (χ1) is 10.4. The van der Waals surface area contributed by atoms with Crippen LogP contribution in [0.2, 0.25) is 0 Å². The summed E-state index contributed by atoms with van der Waals surface area (Å²) in [7, 11) is 0. The molecule has 2 heteroatoms. The number of fused-ring (bicyclic) bond motifs is 1. The molecule has 2 aromatic carbocycles. The molecule has 108 valence electrons. The second-order valence-electron chi connectivity index (χ2n) is 6.20. The van der Waals surface area contributed by atoms with Gasteiger partial charge in [0.25, 0.3) is 0 Å². The Morgan fingerprint density at radius 2 is 1.62 bits per heavy atom. The van der Waals surface area contributed by atoms with Crippen LogP contribution in [0.15, 0.2) is 60.7 Å². The lowest BCUT2D eigenvalue weighted by atomic mass is 9.91. The van der Waals surface area contributed by atoms with E-state index in [1.807, 2.05) is 0 Å². The SMILES string of the molecule is c1ccc(CN2OC[C@H]3CC[C@H](c4ccccc4)[C@H]32)cc1. The van der Waals surface area contributed by atoms with E-state index in [-0.39, 0.29) is 0 Å². The van der Waals surface area contributed by atoms with Crippen LogP contribution in [0.4, 0.5) is 0 Å². The van der Waals surface area contributed by atoms with Crippen LogP contribution in [0.25, 0.3) is 0 Å². The van der Waals surface area contributed by atoms with Crippen molar-refractivity contribution in [3.8, 4) is 0 Å². The summed E-state index contributed by atoms with van der Waals surface area (Å²) in [6, 6.07) is 22.1. The molecule has 2 fully saturated rings. The first kappa shape index (κ1) is 13.1. The molecule has 1 saturated carbocycles. The maximum absolute atomic E-state index is 6.01. The van der Waals surface area contributed by atoms with Crippen LogP contribution in [0.3, 0.4) is 0 Å². The van der Waals surface area contributed by atoms with Gasteiger partial charge in [-0.05, 0) is 24.0 Å². The predicted octanol–water partition coefficient (Wildman–Crippen LogP) is 4.00. The van der Waals surface area contributed by atoms with Gasteiger partial charge in [0.05, 0.1) is 6.61 Å². The van der Waals surface area contributed by atoms with Crippen molar-refractivity contribution in [1.29, 1.82) is 0 Å². The fourth-order valence-corrected chi connectivity index (χ4v) is 3.94. The Morgan fingerprint density at radius 3 is 2.38 bits per heavy atom. The quantitative estimate of drug-likeness (QED) is 0.842. The van der Waals surface area contributed by atoms with E-state index in [4.69, 9.17) is 4.84 Å². The largest absolute Gasteiger partial charge is 0.298 e. The highest BCUT2D eigenvalue weighted by Crippen LogP contribution is 2.45. The van der Waals surface area contributed by atoms with Crippen molar-refractivity contribution in [2.45, 2.75) is 31.3 Å². The number of nitrogens with zero attached hydrogens (tertiary/aromatic N) is 1. The molecule has 0 radical (unpaired) electrons. The zero-order valence-corrected chi connectivity index (χ0v) is 12.2. The summed E-state index contributed by atoms with van der Waals surface area (Å²) in [4.78, 5) is 6.01. The molecule has 0 bridgehead atoms. The Balaban J connectivity index is 1.56. The molecular weight excluding hydrogens is 258 g/mol. The molecule has 1 heterocycles. The lowest BCUT2D eigenvalue weighted by Crippen LogP contribution is -2.33. The van der Waals surface area contributed by atoms with E-state index in [9.17, 15) is 0 Å². The molecule has 3 atom stereocenters. The Labute approximate surface area is 126 Å². The lowest BCUT2D eigenvalue weighted by molar-refractivity contribution is -0.143. The molecule has 2 aliphatic rings. The van der Waals surface area contributed by atoms with Crippen molar-refractivity contribution in [3.05, 3.63) is 71.8 Å². The summed E-state index contributed by atoms with van der Waals surface area (Å²) in [6.45, 7) is 1.78. The van der Waals surface area contributed by atoms with Crippen LogP contribution >= 0.6 is 0 Å². The number of hydrogen-bond acceptors (Lipinski definition) is 2. The molecule has 0 aromatic heterocycles. The lowest BCUT2D eigenvalue weighted by Gasteiger charge is -2.27. The molecule has 0 spiro atoms. The van der Waals surface area contributed by atoms with Crippen molar-refractivity contribution >= 4 is 0 Å². The Kier molecular flexibility index (Phi) is 3.50. The number of benzene rings is 2. The van der Waals surface area contributed by atoms with Gasteiger partial charge in [-0.2, -0.15) is 5.06 Å². The van der Waals surface area contributed by atoms with Gasteiger partial charge in [-0.1, -0.05) is 60.7 Å². The van der Waals surface area contributed by atoms with Gasteiger partial charge in [0.1, 0.15) is 0 Å². The second kappa shape index (κ2) is 5.63. The number of hydroxylamine groups is 2. The molecule has 2 nitrogen and oxygen atoms in total. The topological polar surface area (TPSA) is 12.5 Å². The normalized spacial score (nSPS) is 28.7. The fraction of sp³-hybridized carbons (Fsp3) is 0.368. The first-order valence-electron chi connectivity index (χ1n) is 7.90. The summed E-state index contributed by atoms with van der Waals surface area (Å²) in [5.41, 5.74) is 2.80. The van der Waals surface area contributed by atoms with Crippen molar-refractivity contribution in [1.82, 2.24) is 5.06 Å². The van der Waals surface area contributed by atoms with Crippen molar-refractivity contribution in [3.63, 3.8) is 0 Å². The molecule has 0 amide bonds. The van der Waals surface area contributed by atoms with Gasteiger partial charge in [0.2, 0.25) is 0 Å². The van der Waals surface area contributed by atoms with Crippen molar-refractivity contribution in [2.24, 2.45) is 5.92 Å². The minimum absolute atomic E-state index is 0.535. The van der Waals surface area contributed by atoms with E-state index in [2.05, 4.69) is 65.7 Å². The summed E-state index contributed by atoms with van der Waals surface area (Å²) in [5.74, 6) is 1.31. The zero-order chi connectivity index (χ0) is 14.1. The second-order valence-corrected chi connectivity index (χ2v) is 6.20. The molecule has 1 saturated heterocycles. The van der Waals surface area contributed by atoms with Crippen LogP contribution in [0.5, 0.6) is 0 Å². The van der Waals surface area contributed by atoms with Crippen LogP contribution in [-0.2, 0) is 11.4 Å². The standard InChI is InChI=1S/C19H21NO/c1-3-7-15(8-4-1)13-20-19-17(14-21-20)11-12-18(19)16-9-5-2-6-10-16/h1-10,17-19H,11-14H2/t17-,18-,19+/m1/s1. The Morgan fingerprint density at radius 1 is 0.905 bits per heavy atom. The highest BCUT2D eigenvalue weighted by Gasteiger charge is 2.45. The van der Waals surface area contributed by atoms with Gasteiger partial charge in [0, 0.05) is 24.4 Å². The van der Waals surface area contributed by atoms with Gasteiger partial charge in [0.15, 0.2) is 0 Å². The third-order valence-electron chi connectivity index (χ3n) is 4.94. The molecule has 1 aliphatic carbocycles. The Hall–Kier alpha value is -1.64. The minimum atomic E-state index is 0.535. The van der Waals surface area contributed by atoms with E-state index >= 15 is 0 Å². The van der Waals surface area contributed by atoms with Crippen LogP contribution in [-0.4, -0.2) is 17.7 Å². The molecular formula is C19H21NO. The maximum Gasteiger partial charge on any atom is 0.0729 e. The molecule has 0 N–H and O–H groups in total. The predicted molar refractivity (Wildman–Crippen MR) is 83.6 cm³/mol. The maximum atomic E-state index is 6.01. The summed E-state index contributed by atoms with van der Waals surface area (Å²) < 4.78 is 0. The Bertz CT molecular complexity index is 583. The van der Waals surface area contributed by atoms with E-state index in [1.54, 1.807) is 0 Å². The molecule has 4 rings (SSSR count). The average molecular weight is 279 g/mol. The molecule has 0 unspecified atom stereocenters. The van der Waals surface area contributed by atoms with Crippen LogP contribution in [0, 0.1) is 5.92 Å². The summed E-state index contributed by atoms with van der Waals surface area (Å²) >= 11 is 0. The van der Waals surface area contributed by atoms with Crippen molar-refractivity contribution in [2.75, 3.05) is 6.61 Å². The monoisotopic (exact) mass is 279 g/mol. The third-order valence-corrected chi connectivity index (χ3v) is 4.94. The first-order valence-corrected chi connectivity index (χ1v) is 7.90. The molecule has 21 heavy (non-hydrogen) atoms. The van der Waals surface area contributed by atoms with E-state index in [0.717, 1.165) is 13.2 Å². The molecule has 1 aliphatic heterocycles. The van der Waals surface area contributed by atoms with Crippen molar-refractivity contribution < 1.29 is 4.84 Å². The van der Waals surface area contributed by atoms with Crippen LogP contribution < -0.4 is 0 Å². The number of rotatable bonds is 3. The minimum Gasteiger partial charge on any atom is -0.298 e.